The molecule has 0 aromatic carbocycles. The molecule has 0 aliphatic carbocycles. The van der Waals surface area contributed by atoms with Crippen molar-refractivity contribution >= 4 is 33.3 Å². The molecule has 4 nitrogen and oxygen atoms in total. The third kappa shape index (κ3) is 2.27. The monoisotopic (exact) mass is 264 g/mol. The molecule has 0 saturated carbocycles. The van der Waals surface area contributed by atoms with Crippen LogP contribution >= 0.6 is 11.3 Å². The molecule has 0 saturated heterocycles. The fraction of sp³-hybridized carbons (Fsp3) is 0.538. The first-order chi connectivity index (χ1) is 8.40. The van der Waals surface area contributed by atoms with Crippen molar-refractivity contribution in [2.45, 2.75) is 33.7 Å². The number of hydrogen-bond acceptors (Lipinski definition) is 5. The highest BCUT2D eigenvalue weighted by Crippen LogP contribution is 2.32. The van der Waals surface area contributed by atoms with Crippen LogP contribution in [0.2, 0.25) is 0 Å². The van der Waals surface area contributed by atoms with E-state index in [1.54, 1.807) is 11.3 Å². The Kier molecular flexibility index (Phi) is 3.43. The van der Waals surface area contributed by atoms with Gasteiger partial charge in [-0.05, 0) is 25.8 Å². The number of rotatable bonds is 3. The molecule has 18 heavy (non-hydrogen) atoms. The van der Waals surface area contributed by atoms with Crippen LogP contribution in [0.25, 0.3) is 10.2 Å². The molecule has 2 aromatic rings. The number of aryl methyl sites for hydroxylation is 1. The Morgan fingerprint density at radius 3 is 2.56 bits per heavy atom. The standard InChI is InChI=1S/C13H20N4S/c1-7(2)9(4)17(5)11-10-6-8(3)18-12(10)16-13(14)15-11/h6-7,9H,1-5H3,(H2,14,15,16). The molecular formula is C13H20N4S. The summed E-state index contributed by atoms with van der Waals surface area (Å²) in [5.74, 6) is 1.84. The third-order valence-electron chi connectivity index (χ3n) is 3.42. The number of hydrogen-bond donors (Lipinski definition) is 1. The van der Waals surface area contributed by atoms with Crippen molar-refractivity contribution in [3.05, 3.63) is 10.9 Å². The second-order valence-corrected chi connectivity index (χ2v) is 6.31. The zero-order valence-corrected chi connectivity index (χ0v) is 12.4. The van der Waals surface area contributed by atoms with Gasteiger partial charge < -0.3 is 10.6 Å². The van der Waals surface area contributed by atoms with Gasteiger partial charge in [-0.3, -0.25) is 0 Å². The summed E-state index contributed by atoms with van der Waals surface area (Å²) in [5.41, 5.74) is 5.81. The Morgan fingerprint density at radius 2 is 1.94 bits per heavy atom. The molecule has 2 aromatic heterocycles. The lowest BCUT2D eigenvalue weighted by molar-refractivity contribution is 0.503. The molecule has 0 fully saturated rings. The minimum Gasteiger partial charge on any atom is -0.368 e. The summed E-state index contributed by atoms with van der Waals surface area (Å²) in [7, 11) is 2.07. The van der Waals surface area contributed by atoms with Crippen LogP contribution in [0, 0.1) is 12.8 Å². The first-order valence-electron chi connectivity index (χ1n) is 6.16. The Labute approximate surface area is 112 Å². The number of nitrogens with zero attached hydrogens (tertiary/aromatic N) is 3. The van der Waals surface area contributed by atoms with Gasteiger partial charge in [0.25, 0.3) is 0 Å². The van der Waals surface area contributed by atoms with Crippen LogP contribution in [0.4, 0.5) is 11.8 Å². The lowest BCUT2D eigenvalue weighted by atomic mass is 10.1. The molecule has 0 aliphatic rings. The first kappa shape index (κ1) is 13.1. The van der Waals surface area contributed by atoms with Crippen LogP contribution in [-0.2, 0) is 0 Å². The predicted octanol–water partition coefficient (Wildman–Crippen LogP) is 3.06. The SMILES string of the molecule is Cc1cc2c(N(C)C(C)C(C)C)nc(N)nc2s1. The highest BCUT2D eigenvalue weighted by atomic mass is 32.1. The molecule has 0 bridgehead atoms. The second-order valence-electron chi connectivity index (χ2n) is 5.08. The normalized spacial score (nSPS) is 13.2. The predicted molar refractivity (Wildman–Crippen MR) is 79.3 cm³/mol. The van der Waals surface area contributed by atoms with E-state index >= 15 is 0 Å². The first-order valence-corrected chi connectivity index (χ1v) is 6.98. The molecule has 0 spiro atoms. The Bertz CT molecular complexity index is 561. The zero-order valence-electron chi connectivity index (χ0n) is 11.6. The minimum absolute atomic E-state index is 0.349. The van der Waals surface area contributed by atoms with E-state index in [1.165, 1.54) is 4.88 Å². The topological polar surface area (TPSA) is 55.0 Å². The third-order valence-corrected chi connectivity index (χ3v) is 4.37. The number of fused-ring (bicyclic) bond motifs is 1. The number of nitrogen functional groups attached to an aromatic ring is 1. The largest absolute Gasteiger partial charge is 0.368 e. The van der Waals surface area contributed by atoms with Gasteiger partial charge in [-0.1, -0.05) is 13.8 Å². The Morgan fingerprint density at radius 1 is 1.28 bits per heavy atom. The summed E-state index contributed by atoms with van der Waals surface area (Å²) in [6.45, 7) is 8.70. The number of anilines is 2. The minimum atomic E-state index is 0.349. The fourth-order valence-electron chi connectivity index (χ4n) is 1.95. The van der Waals surface area contributed by atoms with E-state index in [9.17, 15) is 0 Å². The van der Waals surface area contributed by atoms with E-state index in [1.807, 2.05) is 0 Å². The van der Waals surface area contributed by atoms with Crippen molar-refractivity contribution in [2.24, 2.45) is 5.92 Å². The van der Waals surface area contributed by atoms with Gasteiger partial charge >= 0.3 is 0 Å². The van der Waals surface area contributed by atoms with Gasteiger partial charge in [-0.15, -0.1) is 11.3 Å². The van der Waals surface area contributed by atoms with Crippen molar-refractivity contribution in [1.29, 1.82) is 0 Å². The van der Waals surface area contributed by atoms with Crippen LogP contribution in [0.1, 0.15) is 25.6 Å². The van der Waals surface area contributed by atoms with Crippen LogP contribution < -0.4 is 10.6 Å². The zero-order chi connectivity index (χ0) is 13.4. The van der Waals surface area contributed by atoms with Crippen molar-refractivity contribution in [3.8, 4) is 0 Å². The Balaban J connectivity index is 2.55. The molecule has 1 unspecified atom stereocenters. The molecule has 2 heterocycles. The van der Waals surface area contributed by atoms with Crippen molar-refractivity contribution in [3.63, 3.8) is 0 Å². The van der Waals surface area contributed by atoms with E-state index in [0.29, 0.717) is 17.9 Å². The highest BCUT2D eigenvalue weighted by molar-refractivity contribution is 7.18. The Hall–Kier alpha value is -1.36. The summed E-state index contributed by atoms with van der Waals surface area (Å²) in [4.78, 5) is 13.1. The maximum absolute atomic E-state index is 5.81. The van der Waals surface area contributed by atoms with Gasteiger partial charge in [0.2, 0.25) is 5.95 Å². The smallest absolute Gasteiger partial charge is 0.223 e. The summed E-state index contributed by atoms with van der Waals surface area (Å²) in [6.07, 6.45) is 0. The van der Waals surface area contributed by atoms with Crippen molar-refractivity contribution in [1.82, 2.24) is 9.97 Å². The second kappa shape index (κ2) is 4.72. The van der Waals surface area contributed by atoms with E-state index in [4.69, 9.17) is 5.73 Å². The summed E-state index contributed by atoms with van der Waals surface area (Å²) in [6, 6.07) is 2.54. The van der Waals surface area contributed by atoms with Crippen LogP contribution in [-0.4, -0.2) is 23.1 Å². The van der Waals surface area contributed by atoms with Gasteiger partial charge in [0.05, 0.1) is 5.39 Å². The van der Waals surface area contributed by atoms with Gasteiger partial charge in [0.1, 0.15) is 10.6 Å². The molecule has 2 rings (SSSR count). The number of aromatic nitrogens is 2. The van der Waals surface area contributed by atoms with Crippen molar-refractivity contribution < 1.29 is 0 Å². The lowest BCUT2D eigenvalue weighted by Gasteiger charge is -2.29. The fourth-order valence-corrected chi connectivity index (χ4v) is 2.83. The molecular weight excluding hydrogens is 244 g/mol. The van der Waals surface area contributed by atoms with E-state index in [-0.39, 0.29) is 0 Å². The maximum atomic E-state index is 5.81. The average molecular weight is 264 g/mol. The van der Waals surface area contributed by atoms with Gasteiger partial charge in [-0.2, -0.15) is 4.98 Å². The number of nitrogens with two attached hydrogens (primary N) is 1. The van der Waals surface area contributed by atoms with Crippen molar-refractivity contribution in [2.75, 3.05) is 17.7 Å². The quantitative estimate of drug-likeness (QED) is 0.925. The molecule has 5 heteroatoms. The number of thiophene rings is 1. The molecule has 0 amide bonds. The molecule has 2 N–H and O–H groups in total. The van der Waals surface area contributed by atoms with E-state index < -0.39 is 0 Å². The van der Waals surface area contributed by atoms with Gasteiger partial charge in [0, 0.05) is 18.0 Å². The molecule has 0 aliphatic heterocycles. The average Bonchev–Trinajstić information content (AvgIpc) is 2.65. The maximum Gasteiger partial charge on any atom is 0.223 e. The highest BCUT2D eigenvalue weighted by Gasteiger charge is 2.19. The molecule has 1 atom stereocenters. The summed E-state index contributed by atoms with van der Waals surface area (Å²) in [5, 5.41) is 1.10. The summed E-state index contributed by atoms with van der Waals surface area (Å²) >= 11 is 1.66. The van der Waals surface area contributed by atoms with E-state index in [0.717, 1.165) is 16.0 Å². The van der Waals surface area contributed by atoms with Crippen LogP contribution in [0.3, 0.4) is 0 Å². The van der Waals surface area contributed by atoms with E-state index in [2.05, 4.69) is 55.7 Å². The molecule has 98 valence electrons. The van der Waals surface area contributed by atoms with Gasteiger partial charge in [0.15, 0.2) is 0 Å². The summed E-state index contributed by atoms with van der Waals surface area (Å²) < 4.78 is 0. The lowest BCUT2D eigenvalue weighted by Crippen LogP contribution is -2.34. The van der Waals surface area contributed by atoms with Crippen LogP contribution in [0.5, 0.6) is 0 Å². The van der Waals surface area contributed by atoms with Gasteiger partial charge in [-0.25, -0.2) is 4.98 Å². The molecule has 0 radical (unpaired) electrons. The van der Waals surface area contributed by atoms with Crippen LogP contribution in [0.15, 0.2) is 6.07 Å².